The van der Waals surface area contributed by atoms with E-state index in [0.717, 1.165) is 0 Å². The lowest BCUT2D eigenvalue weighted by Crippen LogP contribution is -2.17. The van der Waals surface area contributed by atoms with Crippen LogP contribution in [0.2, 0.25) is 0 Å². The van der Waals surface area contributed by atoms with E-state index in [4.69, 9.17) is 10.5 Å². The molecule has 104 valence electrons. The highest BCUT2D eigenvalue weighted by molar-refractivity contribution is 6.07. The van der Waals surface area contributed by atoms with Crippen molar-refractivity contribution >= 4 is 17.5 Å². The summed E-state index contributed by atoms with van der Waals surface area (Å²) in [5.74, 6) is 0.273. The number of ether oxygens (including phenoxy) is 1. The van der Waals surface area contributed by atoms with Crippen LogP contribution in [-0.2, 0) is 0 Å². The molecule has 7 heteroatoms. The molecule has 0 radical (unpaired) electrons. The van der Waals surface area contributed by atoms with Gasteiger partial charge in [0.2, 0.25) is 5.95 Å². The number of nitrogen functional groups attached to an aromatic ring is 1. The van der Waals surface area contributed by atoms with Crippen molar-refractivity contribution in [3.8, 4) is 5.75 Å². The smallest absolute Gasteiger partial charge is 0.260 e. The Morgan fingerprint density at radius 3 is 2.65 bits per heavy atom. The van der Waals surface area contributed by atoms with Crippen LogP contribution < -0.4 is 15.8 Å². The van der Waals surface area contributed by atoms with Crippen LogP contribution in [0.1, 0.15) is 21.7 Å². The number of nitrogens with two attached hydrogens (primary N) is 1. The Labute approximate surface area is 116 Å². The minimum Gasteiger partial charge on any atom is -0.497 e. The van der Waals surface area contributed by atoms with Crippen molar-refractivity contribution in [2.24, 2.45) is 0 Å². The average molecular weight is 273 g/mol. The maximum atomic E-state index is 12.1. The number of hydrogen-bond donors (Lipinski definition) is 2. The van der Waals surface area contributed by atoms with Gasteiger partial charge in [-0.15, -0.1) is 5.10 Å². The SMILES string of the molecule is COc1ccc(N)c(C(=O)Nc2nnc(C)c(C)n2)c1. The zero-order chi connectivity index (χ0) is 14.7. The molecule has 2 aromatic rings. The molecule has 1 aromatic heterocycles. The third-order valence-corrected chi connectivity index (χ3v) is 2.82. The first-order valence-corrected chi connectivity index (χ1v) is 5.94. The molecule has 1 heterocycles. The van der Waals surface area contributed by atoms with E-state index < -0.39 is 5.91 Å². The van der Waals surface area contributed by atoms with Gasteiger partial charge in [0.1, 0.15) is 5.75 Å². The number of carbonyl (C=O) groups is 1. The van der Waals surface area contributed by atoms with E-state index >= 15 is 0 Å². The summed E-state index contributed by atoms with van der Waals surface area (Å²) in [5.41, 5.74) is 7.84. The quantitative estimate of drug-likeness (QED) is 0.818. The normalized spacial score (nSPS) is 10.2. The van der Waals surface area contributed by atoms with Gasteiger partial charge in [0, 0.05) is 5.69 Å². The van der Waals surface area contributed by atoms with E-state index in [2.05, 4.69) is 20.5 Å². The molecule has 0 bridgehead atoms. The van der Waals surface area contributed by atoms with Crippen LogP contribution in [0, 0.1) is 13.8 Å². The predicted octanol–water partition coefficient (Wildman–Crippen LogP) is 1.33. The lowest BCUT2D eigenvalue weighted by molar-refractivity contribution is 0.102. The fraction of sp³-hybridized carbons (Fsp3) is 0.231. The van der Waals surface area contributed by atoms with Gasteiger partial charge in [-0.3, -0.25) is 10.1 Å². The molecule has 0 fully saturated rings. The molecule has 20 heavy (non-hydrogen) atoms. The first kappa shape index (κ1) is 13.7. The molecular formula is C13H15N5O2. The molecule has 0 aliphatic rings. The summed E-state index contributed by atoms with van der Waals surface area (Å²) in [6.07, 6.45) is 0. The Balaban J connectivity index is 2.25. The highest BCUT2D eigenvalue weighted by Crippen LogP contribution is 2.20. The number of rotatable bonds is 3. The summed E-state index contributed by atoms with van der Waals surface area (Å²) in [5, 5.41) is 10.3. The molecule has 7 nitrogen and oxygen atoms in total. The van der Waals surface area contributed by atoms with Crippen LogP contribution >= 0.6 is 0 Å². The zero-order valence-electron chi connectivity index (χ0n) is 11.5. The number of nitrogens with zero attached hydrogens (tertiary/aromatic N) is 3. The highest BCUT2D eigenvalue weighted by Gasteiger charge is 2.13. The van der Waals surface area contributed by atoms with Crippen molar-refractivity contribution in [1.82, 2.24) is 15.2 Å². The number of aryl methyl sites for hydroxylation is 2. The summed E-state index contributed by atoms with van der Waals surface area (Å²) >= 11 is 0. The molecule has 0 aliphatic heterocycles. The van der Waals surface area contributed by atoms with E-state index in [-0.39, 0.29) is 5.95 Å². The van der Waals surface area contributed by atoms with Gasteiger partial charge in [0.25, 0.3) is 5.91 Å². The van der Waals surface area contributed by atoms with Gasteiger partial charge in [0.05, 0.1) is 24.1 Å². The molecule has 0 atom stereocenters. The number of carbonyl (C=O) groups excluding carboxylic acids is 1. The van der Waals surface area contributed by atoms with Gasteiger partial charge in [0.15, 0.2) is 0 Å². The lowest BCUT2D eigenvalue weighted by atomic mass is 10.1. The monoisotopic (exact) mass is 273 g/mol. The molecule has 3 N–H and O–H groups in total. The summed E-state index contributed by atoms with van der Waals surface area (Å²) in [7, 11) is 1.52. The van der Waals surface area contributed by atoms with Crippen molar-refractivity contribution in [3.63, 3.8) is 0 Å². The van der Waals surface area contributed by atoms with E-state index in [1.165, 1.54) is 7.11 Å². The molecule has 0 saturated carbocycles. The van der Waals surface area contributed by atoms with Gasteiger partial charge in [-0.2, -0.15) is 5.10 Å². The summed E-state index contributed by atoms with van der Waals surface area (Å²) in [4.78, 5) is 16.3. The van der Waals surface area contributed by atoms with E-state index in [1.54, 1.807) is 32.0 Å². The number of benzene rings is 1. The topological polar surface area (TPSA) is 103 Å². The van der Waals surface area contributed by atoms with Crippen molar-refractivity contribution < 1.29 is 9.53 Å². The second-order valence-corrected chi connectivity index (χ2v) is 4.21. The van der Waals surface area contributed by atoms with Crippen molar-refractivity contribution in [1.29, 1.82) is 0 Å². The molecule has 0 saturated heterocycles. The van der Waals surface area contributed by atoms with Crippen molar-refractivity contribution in [2.75, 3.05) is 18.2 Å². The number of methoxy groups -OCH3 is 1. The Kier molecular flexibility index (Phi) is 3.79. The Hall–Kier alpha value is -2.70. The largest absolute Gasteiger partial charge is 0.497 e. The van der Waals surface area contributed by atoms with Gasteiger partial charge in [-0.25, -0.2) is 4.98 Å². The number of amides is 1. The number of hydrogen-bond acceptors (Lipinski definition) is 6. The molecule has 0 aliphatic carbocycles. The summed E-state index contributed by atoms with van der Waals surface area (Å²) in [6, 6.07) is 4.84. The fourth-order valence-corrected chi connectivity index (χ4v) is 1.54. The lowest BCUT2D eigenvalue weighted by Gasteiger charge is -2.08. The fourth-order valence-electron chi connectivity index (χ4n) is 1.54. The molecule has 1 amide bonds. The zero-order valence-corrected chi connectivity index (χ0v) is 11.5. The minimum absolute atomic E-state index is 0.139. The van der Waals surface area contributed by atoms with Crippen LogP contribution in [0.3, 0.4) is 0 Å². The number of nitrogens with one attached hydrogen (secondary N) is 1. The second kappa shape index (κ2) is 5.52. The first-order valence-electron chi connectivity index (χ1n) is 5.94. The Morgan fingerprint density at radius 2 is 2.00 bits per heavy atom. The van der Waals surface area contributed by atoms with Gasteiger partial charge >= 0.3 is 0 Å². The third-order valence-electron chi connectivity index (χ3n) is 2.82. The number of aromatic nitrogens is 3. The van der Waals surface area contributed by atoms with Crippen LogP contribution in [0.25, 0.3) is 0 Å². The van der Waals surface area contributed by atoms with E-state index in [0.29, 0.717) is 28.4 Å². The van der Waals surface area contributed by atoms with Gasteiger partial charge < -0.3 is 10.5 Å². The van der Waals surface area contributed by atoms with Crippen LogP contribution in [0.5, 0.6) is 5.75 Å². The maximum absolute atomic E-state index is 12.1. The molecular weight excluding hydrogens is 258 g/mol. The van der Waals surface area contributed by atoms with Crippen LogP contribution in [0.15, 0.2) is 18.2 Å². The highest BCUT2D eigenvalue weighted by atomic mass is 16.5. The van der Waals surface area contributed by atoms with Crippen molar-refractivity contribution in [2.45, 2.75) is 13.8 Å². The Bertz CT molecular complexity index is 657. The van der Waals surface area contributed by atoms with Gasteiger partial charge in [-0.05, 0) is 32.0 Å². The first-order chi connectivity index (χ1) is 9.51. The predicted molar refractivity (Wildman–Crippen MR) is 74.7 cm³/mol. The van der Waals surface area contributed by atoms with E-state index in [1.807, 2.05) is 0 Å². The van der Waals surface area contributed by atoms with E-state index in [9.17, 15) is 4.79 Å². The molecule has 0 unspecified atom stereocenters. The molecule has 2 rings (SSSR count). The average Bonchev–Trinajstić information content (AvgIpc) is 2.43. The summed E-state index contributed by atoms with van der Waals surface area (Å²) in [6.45, 7) is 3.58. The Morgan fingerprint density at radius 1 is 1.25 bits per heavy atom. The van der Waals surface area contributed by atoms with Gasteiger partial charge in [-0.1, -0.05) is 0 Å². The standard InChI is InChI=1S/C13H15N5O2/c1-7-8(2)17-18-13(15-7)16-12(19)10-6-9(20-3)4-5-11(10)14/h4-6H,14H2,1-3H3,(H,15,16,18,19). The number of anilines is 2. The third kappa shape index (κ3) is 2.82. The molecule has 1 aromatic carbocycles. The van der Waals surface area contributed by atoms with Crippen LogP contribution in [-0.4, -0.2) is 28.2 Å². The molecule has 0 spiro atoms. The minimum atomic E-state index is -0.411. The maximum Gasteiger partial charge on any atom is 0.260 e. The van der Waals surface area contributed by atoms with Crippen LogP contribution in [0.4, 0.5) is 11.6 Å². The second-order valence-electron chi connectivity index (χ2n) is 4.21. The van der Waals surface area contributed by atoms with Crippen molar-refractivity contribution in [3.05, 3.63) is 35.2 Å². The summed E-state index contributed by atoms with van der Waals surface area (Å²) < 4.78 is 5.07.